The van der Waals surface area contributed by atoms with Gasteiger partial charge in [0.1, 0.15) is 0 Å². The van der Waals surface area contributed by atoms with Crippen molar-refractivity contribution in [3.63, 3.8) is 0 Å². The summed E-state index contributed by atoms with van der Waals surface area (Å²) in [5.74, 6) is -1.53. The Morgan fingerprint density at radius 3 is 1.93 bits per heavy atom. The summed E-state index contributed by atoms with van der Waals surface area (Å²) in [7, 11) is 0.853. The van der Waals surface area contributed by atoms with Crippen LogP contribution in [0.3, 0.4) is 0 Å². The number of hydrogen-bond acceptors (Lipinski definition) is 5. The van der Waals surface area contributed by atoms with Gasteiger partial charge < -0.3 is 14.6 Å². The number of fused-ring (bicyclic) bond motifs is 1. The number of aliphatic carboxylic acids is 1. The molecule has 0 saturated heterocycles. The molecule has 2 aromatic carbocycles. The molecule has 236 valence electrons. The van der Waals surface area contributed by atoms with Gasteiger partial charge in [0.2, 0.25) is 0 Å². The first-order valence-electron chi connectivity index (χ1n) is 12.3. The number of carboxylic acid groups (broad SMARTS) is 1. The summed E-state index contributed by atoms with van der Waals surface area (Å²) in [6.45, 7) is -0.504. The molecule has 0 radical (unpaired) electrons. The molecule has 0 saturated carbocycles. The van der Waals surface area contributed by atoms with E-state index in [0.717, 1.165) is 18.1 Å². The van der Waals surface area contributed by atoms with Crippen molar-refractivity contribution >= 4 is 23.8 Å². The number of carboxylic acids is 1. The van der Waals surface area contributed by atoms with E-state index >= 15 is 0 Å². The molecule has 3 rings (SSSR count). The lowest BCUT2D eigenvalue weighted by atomic mass is 9.87. The molecule has 1 unspecified atom stereocenters. The lowest BCUT2D eigenvalue weighted by Crippen LogP contribution is -2.49. The molecule has 0 aliphatic carbocycles. The number of anilines is 1. The van der Waals surface area contributed by atoms with Gasteiger partial charge in [-0.25, -0.2) is 14.4 Å². The van der Waals surface area contributed by atoms with Gasteiger partial charge in [-0.15, -0.1) is 0 Å². The Hall–Kier alpha value is -4.18. The van der Waals surface area contributed by atoms with Crippen LogP contribution in [0.15, 0.2) is 36.4 Å². The number of carbonyl (C=O) groups excluding carboxylic acids is 2. The predicted octanol–water partition coefficient (Wildman–Crippen LogP) is 7.26. The third-order valence-corrected chi connectivity index (χ3v) is 6.61. The molecule has 0 bridgehead atoms. The highest BCUT2D eigenvalue weighted by Crippen LogP contribution is 2.45. The molecule has 1 aliphatic heterocycles. The van der Waals surface area contributed by atoms with E-state index in [4.69, 9.17) is 14.6 Å². The van der Waals surface area contributed by atoms with E-state index in [1.165, 1.54) is 0 Å². The second kappa shape index (κ2) is 12.2. The Morgan fingerprint density at radius 1 is 0.907 bits per heavy atom. The van der Waals surface area contributed by atoms with Crippen molar-refractivity contribution in [1.82, 2.24) is 4.90 Å². The normalized spacial score (nSPS) is 17.2. The summed E-state index contributed by atoms with van der Waals surface area (Å²) in [5.41, 5.74) is -5.86. The molecule has 1 aliphatic rings. The SMILES string of the molecule is CC[C@@H]1CC(N(Cc2cc(C(F)(F)F)cc(C(F)(F)F)c2)C(=O)OC)c2cc(C(F)(F)F)ccc2N1C(=O)OCC(=O)O. The largest absolute Gasteiger partial charge is 0.479 e. The van der Waals surface area contributed by atoms with Crippen molar-refractivity contribution < 1.29 is 68.5 Å². The van der Waals surface area contributed by atoms with Gasteiger partial charge in [-0.2, -0.15) is 39.5 Å². The molecule has 0 fully saturated rings. The quantitative estimate of drug-likeness (QED) is 0.338. The third kappa shape index (κ3) is 7.62. The van der Waals surface area contributed by atoms with E-state index in [1.807, 2.05) is 0 Å². The van der Waals surface area contributed by atoms with Crippen LogP contribution >= 0.6 is 0 Å². The number of benzene rings is 2. The number of amides is 2. The van der Waals surface area contributed by atoms with E-state index in [-0.39, 0.29) is 30.2 Å². The van der Waals surface area contributed by atoms with Crippen LogP contribution < -0.4 is 4.90 Å². The fourth-order valence-electron chi connectivity index (χ4n) is 4.72. The summed E-state index contributed by atoms with van der Waals surface area (Å²) in [6.07, 6.45) is -18.2. The average Bonchev–Trinajstić information content (AvgIpc) is 2.91. The fraction of sp³-hybridized carbons (Fsp3) is 0.423. The van der Waals surface area contributed by atoms with E-state index in [0.29, 0.717) is 29.2 Å². The Kier molecular flexibility index (Phi) is 9.46. The fourth-order valence-corrected chi connectivity index (χ4v) is 4.72. The lowest BCUT2D eigenvalue weighted by molar-refractivity contribution is -0.143. The van der Waals surface area contributed by atoms with Gasteiger partial charge in [0.15, 0.2) is 6.61 Å². The van der Waals surface area contributed by atoms with Crippen LogP contribution in [0.4, 0.5) is 54.8 Å². The first kappa shape index (κ1) is 33.3. The number of carbonyl (C=O) groups is 3. The summed E-state index contributed by atoms with van der Waals surface area (Å²) < 4.78 is 131. The molecule has 2 atom stereocenters. The molecule has 17 heteroatoms. The van der Waals surface area contributed by atoms with Crippen LogP contribution in [0.5, 0.6) is 0 Å². The van der Waals surface area contributed by atoms with Crippen LogP contribution in [0.1, 0.15) is 53.6 Å². The van der Waals surface area contributed by atoms with E-state index in [9.17, 15) is 53.9 Å². The molecule has 2 aromatic rings. The Bertz CT molecular complexity index is 1340. The van der Waals surface area contributed by atoms with Crippen LogP contribution in [-0.4, -0.2) is 47.9 Å². The van der Waals surface area contributed by atoms with Crippen molar-refractivity contribution in [2.75, 3.05) is 18.6 Å². The van der Waals surface area contributed by atoms with Gasteiger partial charge in [-0.1, -0.05) is 6.92 Å². The highest BCUT2D eigenvalue weighted by molar-refractivity contribution is 5.91. The van der Waals surface area contributed by atoms with Gasteiger partial charge in [0, 0.05) is 12.6 Å². The predicted molar refractivity (Wildman–Crippen MR) is 129 cm³/mol. The highest BCUT2D eigenvalue weighted by Gasteiger charge is 2.43. The second-order valence-corrected chi connectivity index (χ2v) is 9.42. The van der Waals surface area contributed by atoms with E-state index in [1.54, 1.807) is 6.92 Å². The first-order chi connectivity index (χ1) is 19.8. The number of nitrogens with zero attached hydrogens (tertiary/aromatic N) is 2. The topological polar surface area (TPSA) is 96.4 Å². The van der Waals surface area contributed by atoms with Crippen LogP contribution in [0, 0.1) is 0 Å². The maximum Gasteiger partial charge on any atom is 0.416 e. The zero-order chi connectivity index (χ0) is 32.5. The second-order valence-electron chi connectivity index (χ2n) is 9.42. The van der Waals surface area contributed by atoms with Gasteiger partial charge in [-0.3, -0.25) is 9.80 Å². The van der Waals surface area contributed by atoms with Crippen molar-refractivity contribution in [2.24, 2.45) is 0 Å². The van der Waals surface area contributed by atoms with Crippen molar-refractivity contribution in [2.45, 2.75) is 56.9 Å². The number of halogens is 9. The van der Waals surface area contributed by atoms with Gasteiger partial charge >= 0.3 is 36.7 Å². The zero-order valence-corrected chi connectivity index (χ0v) is 22.2. The van der Waals surface area contributed by atoms with Crippen molar-refractivity contribution in [1.29, 1.82) is 0 Å². The van der Waals surface area contributed by atoms with E-state index < -0.39 is 84.2 Å². The lowest BCUT2D eigenvalue weighted by Gasteiger charge is -2.43. The molecule has 1 N–H and O–H groups in total. The number of rotatable bonds is 6. The Labute approximate surface area is 237 Å². The molecule has 0 aromatic heterocycles. The van der Waals surface area contributed by atoms with Crippen molar-refractivity contribution in [3.05, 3.63) is 64.2 Å². The summed E-state index contributed by atoms with van der Waals surface area (Å²) >= 11 is 0. The monoisotopic (exact) mass is 630 g/mol. The molecule has 8 nitrogen and oxygen atoms in total. The summed E-state index contributed by atoms with van der Waals surface area (Å²) in [5, 5.41) is 8.87. The summed E-state index contributed by atoms with van der Waals surface area (Å²) in [4.78, 5) is 38.2. The standard InChI is InChI=1S/C26H23F9N2O6/c1-3-17-10-20(18-9-14(24(27,28)29)4-5-19(18)37(17)23(41)43-12-21(38)39)36(22(40)42-2)11-13-6-15(25(30,31)32)8-16(7-13)26(33,34)35/h4-9,17,20H,3,10-12H2,1-2H3,(H,38,39)/t17-,20?/m1/s1. The van der Waals surface area contributed by atoms with Crippen LogP contribution in [0.25, 0.3) is 0 Å². The minimum absolute atomic E-state index is 0.0654. The third-order valence-electron chi connectivity index (χ3n) is 6.61. The Balaban J connectivity index is 2.21. The summed E-state index contributed by atoms with van der Waals surface area (Å²) in [6, 6.07) is 0.254. The number of ether oxygens (including phenoxy) is 2. The highest BCUT2D eigenvalue weighted by atomic mass is 19.4. The smallest absolute Gasteiger partial charge is 0.416 e. The van der Waals surface area contributed by atoms with Gasteiger partial charge in [0.05, 0.1) is 35.5 Å². The average molecular weight is 630 g/mol. The molecular formula is C26H23F9N2O6. The maximum atomic E-state index is 13.7. The Morgan fingerprint density at radius 2 is 1.47 bits per heavy atom. The molecule has 1 heterocycles. The molecule has 43 heavy (non-hydrogen) atoms. The number of alkyl halides is 9. The molecule has 2 amide bonds. The van der Waals surface area contributed by atoms with Gasteiger partial charge in [-0.05, 0) is 60.4 Å². The van der Waals surface area contributed by atoms with Crippen LogP contribution in [-0.2, 0) is 39.3 Å². The molecule has 0 spiro atoms. The molecular weight excluding hydrogens is 607 g/mol. The number of methoxy groups -OCH3 is 1. The van der Waals surface area contributed by atoms with Crippen LogP contribution in [0.2, 0.25) is 0 Å². The van der Waals surface area contributed by atoms with Crippen molar-refractivity contribution in [3.8, 4) is 0 Å². The van der Waals surface area contributed by atoms with Gasteiger partial charge in [0.25, 0.3) is 0 Å². The maximum absolute atomic E-state index is 13.7. The number of hydrogen-bond donors (Lipinski definition) is 1. The first-order valence-corrected chi connectivity index (χ1v) is 12.3. The minimum Gasteiger partial charge on any atom is -0.479 e. The minimum atomic E-state index is -5.21. The zero-order valence-electron chi connectivity index (χ0n) is 22.2. The van der Waals surface area contributed by atoms with E-state index in [2.05, 4.69) is 0 Å².